The summed E-state index contributed by atoms with van der Waals surface area (Å²) in [6.07, 6.45) is 0.106. The van der Waals surface area contributed by atoms with Crippen LogP contribution < -0.4 is 14.8 Å². The minimum absolute atomic E-state index is 0.106. The van der Waals surface area contributed by atoms with Crippen molar-refractivity contribution < 1.29 is 14.3 Å². The molecule has 3 aromatic rings. The van der Waals surface area contributed by atoms with Gasteiger partial charge in [-0.15, -0.1) is 11.3 Å². The Bertz CT molecular complexity index is 903. The largest absolute Gasteiger partial charge is 0.497 e. The van der Waals surface area contributed by atoms with Crippen molar-refractivity contribution in [2.24, 2.45) is 0 Å². The minimum atomic E-state index is -0.234. The summed E-state index contributed by atoms with van der Waals surface area (Å²) in [5, 5.41) is 4.13. The van der Waals surface area contributed by atoms with E-state index in [4.69, 9.17) is 21.1 Å². The molecule has 0 fully saturated rings. The molecular weight excluding hydrogens is 358 g/mol. The molecule has 130 valence electrons. The normalized spacial score (nSPS) is 10.9. The van der Waals surface area contributed by atoms with Gasteiger partial charge in [-0.25, -0.2) is 0 Å². The number of carbonyl (C=O) groups is 1. The van der Waals surface area contributed by atoms with Crippen LogP contribution in [0.15, 0.2) is 42.5 Å². The molecule has 0 unspecified atom stereocenters. The van der Waals surface area contributed by atoms with Crippen molar-refractivity contribution in [1.29, 1.82) is 0 Å². The summed E-state index contributed by atoms with van der Waals surface area (Å²) >= 11 is 7.76. The first-order valence-corrected chi connectivity index (χ1v) is 9.01. The molecule has 0 saturated carbocycles. The highest BCUT2D eigenvalue weighted by Crippen LogP contribution is 2.37. The molecule has 0 radical (unpaired) electrons. The minimum Gasteiger partial charge on any atom is -0.497 e. The lowest BCUT2D eigenvalue weighted by molar-refractivity contribution is 0.103. The SMILES string of the molecule is COc1ccc2sc(C(=O)Nc3ccc(OC(C)C)cc3)c(Cl)c2c1. The Morgan fingerprint density at radius 3 is 2.44 bits per heavy atom. The number of thiophene rings is 1. The van der Waals surface area contributed by atoms with Gasteiger partial charge in [-0.05, 0) is 56.3 Å². The maximum atomic E-state index is 12.6. The lowest BCUT2D eigenvalue weighted by Crippen LogP contribution is -2.10. The lowest BCUT2D eigenvalue weighted by Gasteiger charge is -2.10. The maximum absolute atomic E-state index is 12.6. The zero-order valence-electron chi connectivity index (χ0n) is 14.1. The van der Waals surface area contributed by atoms with E-state index < -0.39 is 0 Å². The first-order valence-electron chi connectivity index (χ1n) is 7.82. The predicted molar refractivity (Wildman–Crippen MR) is 104 cm³/mol. The average Bonchev–Trinajstić information content (AvgIpc) is 2.92. The predicted octanol–water partition coefficient (Wildman–Crippen LogP) is 5.60. The smallest absolute Gasteiger partial charge is 0.267 e. The highest BCUT2D eigenvalue weighted by Gasteiger charge is 2.18. The first-order chi connectivity index (χ1) is 12.0. The zero-order valence-corrected chi connectivity index (χ0v) is 15.7. The third kappa shape index (κ3) is 3.89. The second-order valence-corrected chi connectivity index (χ2v) is 7.18. The van der Waals surface area contributed by atoms with Crippen LogP contribution >= 0.6 is 22.9 Å². The molecular formula is C19H18ClNO3S. The second-order valence-electron chi connectivity index (χ2n) is 5.75. The summed E-state index contributed by atoms with van der Waals surface area (Å²) in [4.78, 5) is 13.1. The molecule has 0 aliphatic heterocycles. The molecule has 1 N–H and O–H groups in total. The lowest BCUT2D eigenvalue weighted by atomic mass is 10.2. The van der Waals surface area contributed by atoms with E-state index in [2.05, 4.69) is 5.32 Å². The van der Waals surface area contributed by atoms with Crippen LogP contribution in [0.25, 0.3) is 10.1 Å². The van der Waals surface area contributed by atoms with Gasteiger partial charge in [-0.2, -0.15) is 0 Å². The van der Waals surface area contributed by atoms with E-state index >= 15 is 0 Å². The van der Waals surface area contributed by atoms with E-state index in [-0.39, 0.29) is 12.0 Å². The summed E-state index contributed by atoms with van der Waals surface area (Å²) in [5.41, 5.74) is 0.687. The first kappa shape index (κ1) is 17.6. The van der Waals surface area contributed by atoms with Gasteiger partial charge in [0, 0.05) is 15.8 Å². The van der Waals surface area contributed by atoms with Gasteiger partial charge in [0.05, 0.1) is 18.2 Å². The van der Waals surface area contributed by atoms with Crippen LogP contribution in [0.5, 0.6) is 11.5 Å². The van der Waals surface area contributed by atoms with Crippen LogP contribution in [0, 0.1) is 0 Å². The maximum Gasteiger partial charge on any atom is 0.267 e. The van der Waals surface area contributed by atoms with E-state index in [0.29, 0.717) is 21.3 Å². The quantitative estimate of drug-likeness (QED) is 0.631. The number of nitrogens with one attached hydrogen (secondary N) is 1. The van der Waals surface area contributed by atoms with E-state index in [1.54, 1.807) is 19.2 Å². The molecule has 3 rings (SSSR count). The number of rotatable bonds is 5. The van der Waals surface area contributed by atoms with Crippen molar-refractivity contribution in [2.75, 3.05) is 12.4 Å². The molecule has 6 heteroatoms. The van der Waals surface area contributed by atoms with Crippen LogP contribution in [0.1, 0.15) is 23.5 Å². The van der Waals surface area contributed by atoms with E-state index in [0.717, 1.165) is 15.8 Å². The monoisotopic (exact) mass is 375 g/mol. The Hall–Kier alpha value is -2.24. The number of benzene rings is 2. The number of fused-ring (bicyclic) bond motifs is 1. The van der Waals surface area contributed by atoms with Gasteiger partial charge in [0.25, 0.3) is 5.91 Å². The van der Waals surface area contributed by atoms with E-state index in [1.165, 1.54) is 11.3 Å². The van der Waals surface area contributed by atoms with E-state index in [9.17, 15) is 4.79 Å². The van der Waals surface area contributed by atoms with Gasteiger partial charge in [0.1, 0.15) is 16.4 Å². The molecule has 0 spiro atoms. The second kappa shape index (κ2) is 7.33. The van der Waals surface area contributed by atoms with Crippen molar-refractivity contribution in [3.8, 4) is 11.5 Å². The molecule has 0 bridgehead atoms. The van der Waals surface area contributed by atoms with Gasteiger partial charge in [0.2, 0.25) is 0 Å². The molecule has 0 saturated heterocycles. The third-order valence-corrected chi connectivity index (χ3v) is 5.20. The van der Waals surface area contributed by atoms with Gasteiger partial charge in [0.15, 0.2) is 0 Å². The third-order valence-electron chi connectivity index (χ3n) is 3.52. The number of ether oxygens (including phenoxy) is 2. The number of amides is 1. The number of halogens is 1. The summed E-state index contributed by atoms with van der Waals surface area (Å²) in [7, 11) is 1.60. The highest BCUT2D eigenvalue weighted by molar-refractivity contribution is 7.21. The molecule has 1 aromatic heterocycles. The van der Waals surface area contributed by atoms with Gasteiger partial charge >= 0.3 is 0 Å². The van der Waals surface area contributed by atoms with Crippen LogP contribution in [-0.2, 0) is 0 Å². The molecule has 0 aliphatic rings. The van der Waals surface area contributed by atoms with Crippen LogP contribution in [0.3, 0.4) is 0 Å². The Morgan fingerprint density at radius 2 is 1.80 bits per heavy atom. The Morgan fingerprint density at radius 1 is 1.12 bits per heavy atom. The molecule has 1 amide bonds. The Kier molecular flexibility index (Phi) is 5.16. The summed E-state index contributed by atoms with van der Waals surface area (Å²) < 4.78 is 11.8. The molecule has 2 aromatic carbocycles. The average molecular weight is 376 g/mol. The number of hydrogen-bond acceptors (Lipinski definition) is 4. The molecule has 0 atom stereocenters. The summed E-state index contributed by atoms with van der Waals surface area (Å²) in [6, 6.07) is 12.9. The van der Waals surface area contributed by atoms with Crippen molar-refractivity contribution in [3.05, 3.63) is 52.4 Å². The van der Waals surface area contributed by atoms with Crippen LogP contribution in [0.2, 0.25) is 5.02 Å². The molecule has 25 heavy (non-hydrogen) atoms. The highest BCUT2D eigenvalue weighted by atomic mass is 35.5. The van der Waals surface area contributed by atoms with Crippen LogP contribution in [0.4, 0.5) is 5.69 Å². The standard InChI is InChI=1S/C19H18ClNO3S/c1-11(2)24-13-6-4-12(5-7-13)21-19(22)18-17(20)15-10-14(23-3)8-9-16(15)25-18/h4-11H,1-3H3,(H,21,22). The van der Waals surface area contributed by atoms with E-state index in [1.807, 2.05) is 44.2 Å². The molecule has 1 heterocycles. The summed E-state index contributed by atoms with van der Waals surface area (Å²) in [5.74, 6) is 1.24. The fourth-order valence-electron chi connectivity index (χ4n) is 2.40. The number of carbonyl (C=O) groups excluding carboxylic acids is 1. The number of hydrogen-bond donors (Lipinski definition) is 1. The number of methoxy groups -OCH3 is 1. The van der Waals surface area contributed by atoms with Crippen molar-refractivity contribution >= 4 is 44.6 Å². The topological polar surface area (TPSA) is 47.6 Å². The zero-order chi connectivity index (χ0) is 18.0. The fraction of sp³-hybridized carbons (Fsp3) is 0.211. The molecule has 4 nitrogen and oxygen atoms in total. The van der Waals surface area contributed by atoms with Crippen LogP contribution in [-0.4, -0.2) is 19.1 Å². The summed E-state index contributed by atoms with van der Waals surface area (Å²) in [6.45, 7) is 3.93. The van der Waals surface area contributed by atoms with Crippen molar-refractivity contribution in [1.82, 2.24) is 0 Å². The Balaban J connectivity index is 1.81. The van der Waals surface area contributed by atoms with Crippen molar-refractivity contribution in [2.45, 2.75) is 20.0 Å². The van der Waals surface area contributed by atoms with Gasteiger partial charge in [-0.3, -0.25) is 4.79 Å². The fourth-order valence-corrected chi connectivity index (χ4v) is 3.78. The number of anilines is 1. The Labute approximate surface area is 155 Å². The van der Waals surface area contributed by atoms with Gasteiger partial charge < -0.3 is 14.8 Å². The van der Waals surface area contributed by atoms with Gasteiger partial charge in [-0.1, -0.05) is 11.6 Å². The van der Waals surface area contributed by atoms with Crippen molar-refractivity contribution in [3.63, 3.8) is 0 Å². The molecule has 0 aliphatic carbocycles.